The van der Waals surface area contributed by atoms with E-state index >= 15 is 0 Å². The van der Waals surface area contributed by atoms with Crippen molar-refractivity contribution in [3.05, 3.63) is 23.3 Å². The number of allylic oxidation sites excluding steroid dienone is 1. The molecule has 0 aromatic rings. The van der Waals surface area contributed by atoms with E-state index in [9.17, 15) is 9.59 Å². The molecule has 0 N–H and O–H groups in total. The lowest BCUT2D eigenvalue weighted by atomic mass is 9.59. The van der Waals surface area contributed by atoms with Gasteiger partial charge in [-0.1, -0.05) is 24.6 Å². The number of hydrogen-bond donors (Lipinski definition) is 0. The van der Waals surface area contributed by atoms with Crippen molar-refractivity contribution in [2.24, 2.45) is 11.3 Å². The van der Waals surface area contributed by atoms with Crippen LogP contribution in [0, 0.1) is 11.3 Å². The first-order valence-corrected chi connectivity index (χ1v) is 7.59. The minimum Gasteiger partial charge on any atom is -0.462 e. The molecule has 1 heterocycles. The van der Waals surface area contributed by atoms with E-state index < -0.39 is 0 Å². The van der Waals surface area contributed by atoms with E-state index in [4.69, 9.17) is 9.47 Å². The number of carbonyl (C=O) groups excluding carboxylic acids is 2. The Kier molecular flexibility index (Phi) is 3.23. The van der Waals surface area contributed by atoms with Gasteiger partial charge in [0.15, 0.2) is 0 Å². The molecule has 4 heteroatoms. The first-order chi connectivity index (χ1) is 9.83. The lowest BCUT2D eigenvalue weighted by Gasteiger charge is -2.48. The quantitative estimate of drug-likeness (QED) is 0.423. The second kappa shape index (κ2) is 4.72. The maximum absolute atomic E-state index is 11.8. The maximum atomic E-state index is 11.8. The Hall–Kier alpha value is -1.58. The molecule has 114 valence electrons. The Balaban J connectivity index is 1.96. The summed E-state index contributed by atoms with van der Waals surface area (Å²) in [6.45, 7) is 9.64. The van der Waals surface area contributed by atoms with Crippen LogP contribution in [0.15, 0.2) is 23.3 Å². The summed E-state index contributed by atoms with van der Waals surface area (Å²) in [6, 6.07) is 0. The second-order valence-electron chi connectivity index (χ2n) is 6.80. The highest BCUT2D eigenvalue weighted by Gasteiger charge is 2.54. The summed E-state index contributed by atoms with van der Waals surface area (Å²) in [5, 5.41) is 0. The zero-order valence-corrected chi connectivity index (χ0v) is 12.9. The van der Waals surface area contributed by atoms with Gasteiger partial charge in [-0.3, -0.25) is 4.79 Å². The number of fused-ring (bicyclic) bond motifs is 2. The van der Waals surface area contributed by atoms with Gasteiger partial charge in [-0.2, -0.15) is 0 Å². The third-order valence-electron chi connectivity index (χ3n) is 5.47. The molecule has 0 spiro atoms. The fourth-order valence-corrected chi connectivity index (χ4v) is 4.30. The van der Waals surface area contributed by atoms with Crippen LogP contribution in [0.3, 0.4) is 0 Å². The molecule has 0 radical (unpaired) electrons. The van der Waals surface area contributed by atoms with Crippen LogP contribution in [-0.4, -0.2) is 24.1 Å². The van der Waals surface area contributed by atoms with Gasteiger partial charge in [0, 0.05) is 23.8 Å². The van der Waals surface area contributed by atoms with Crippen LogP contribution in [0.25, 0.3) is 0 Å². The fourth-order valence-electron chi connectivity index (χ4n) is 4.30. The molecule has 0 aromatic heterocycles. The summed E-state index contributed by atoms with van der Waals surface area (Å²) in [5.41, 5.74) is 3.07. The monoisotopic (exact) mass is 290 g/mol. The summed E-state index contributed by atoms with van der Waals surface area (Å²) in [7, 11) is 0. The third-order valence-corrected chi connectivity index (χ3v) is 5.47. The van der Waals surface area contributed by atoms with Crippen molar-refractivity contribution in [2.45, 2.75) is 58.7 Å². The van der Waals surface area contributed by atoms with Crippen LogP contribution in [-0.2, 0) is 19.1 Å². The molecule has 4 nitrogen and oxygen atoms in total. The van der Waals surface area contributed by atoms with Crippen LogP contribution in [0.2, 0.25) is 0 Å². The molecule has 1 saturated heterocycles. The zero-order chi connectivity index (χ0) is 15.4. The third kappa shape index (κ3) is 2.12. The summed E-state index contributed by atoms with van der Waals surface area (Å²) < 4.78 is 11.1. The van der Waals surface area contributed by atoms with E-state index in [-0.39, 0.29) is 35.5 Å². The molecule has 1 saturated carbocycles. The van der Waals surface area contributed by atoms with Crippen LogP contribution >= 0.6 is 0 Å². The van der Waals surface area contributed by atoms with Crippen molar-refractivity contribution in [3.8, 4) is 0 Å². The van der Waals surface area contributed by atoms with Gasteiger partial charge in [-0.05, 0) is 32.6 Å². The maximum Gasteiger partial charge on any atom is 0.334 e. The predicted molar refractivity (Wildman–Crippen MR) is 77.3 cm³/mol. The van der Waals surface area contributed by atoms with Crippen LogP contribution in [0.5, 0.6) is 0 Å². The van der Waals surface area contributed by atoms with Gasteiger partial charge in [-0.15, -0.1) is 0 Å². The highest BCUT2D eigenvalue weighted by Crippen LogP contribution is 2.55. The van der Waals surface area contributed by atoms with Crippen molar-refractivity contribution in [3.63, 3.8) is 0 Å². The van der Waals surface area contributed by atoms with Gasteiger partial charge in [-0.25, -0.2) is 4.79 Å². The van der Waals surface area contributed by atoms with Crippen LogP contribution in [0.1, 0.15) is 46.5 Å². The number of rotatable bonds is 1. The Labute approximate surface area is 125 Å². The fraction of sp³-hybridized carbons (Fsp3) is 0.647. The largest absolute Gasteiger partial charge is 0.462 e. The number of carbonyl (C=O) groups is 2. The average molecular weight is 290 g/mol. The average Bonchev–Trinajstić information content (AvgIpc) is 2.66. The van der Waals surface area contributed by atoms with Crippen molar-refractivity contribution >= 4 is 11.9 Å². The minimum atomic E-state index is -0.269. The molecule has 0 amide bonds. The van der Waals surface area contributed by atoms with E-state index in [1.807, 2.05) is 0 Å². The van der Waals surface area contributed by atoms with Crippen molar-refractivity contribution in [1.82, 2.24) is 0 Å². The Morgan fingerprint density at radius 3 is 2.86 bits per heavy atom. The molecule has 2 aliphatic carbocycles. The van der Waals surface area contributed by atoms with Gasteiger partial charge in [0.2, 0.25) is 0 Å². The van der Waals surface area contributed by atoms with Gasteiger partial charge >= 0.3 is 11.9 Å². The first kappa shape index (κ1) is 14.4. The second-order valence-corrected chi connectivity index (χ2v) is 6.80. The molecular formula is C17H22O4. The zero-order valence-electron chi connectivity index (χ0n) is 12.9. The Morgan fingerprint density at radius 1 is 1.48 bits per heavy atom. The highest BCUT2D eigenvalue weighted by molar-refractivity contribution is 5.91. The summed E-state index contributed by atoms with van der Waals surface area (Å²) >= 11 is 0. The van der Waals surface area contributed by atoms with Gasteiger partial charge < -0.3 is 9.47 Å². The molecule has 3 aliphatic rings. The number of esters is 2. The van der Waals surface area contributed by atoms with Gasteiger partial charge in [0.1, 0.15) is 12.2 Å². The van der Waals surface area contributed by atoms with Crippen molar-refractivity contribution in [2.75, 3.05) is 0 Å². The van der Waals surface area contributed by atoms with E-state index in [2.05, 4.69) is 20.4 Å². The molecule has 0 bridgehead atoms. The van der Waals surface area contributed by atoms with Gasteiger partial charge in [0.25, 0.3) is 0 Å². The Morgan fingerprint density at radius 2 is 2.19 bits per heavy atom. The molecular weight excluding hydrogens is 268 g/mol. The van der Waals surface area contributed by atoms with Crippen molar-refractivity contribution in [1.29, 1.82) is 0 Å². The number of ether oxygens (including phenoxy) is 2. The normalized spacial score (nSPS) is 38.7. The van der Waals surface area contributed by atoms with Gasteiger partial charge in [0.05, 0.1) is 0 Å². The topological polar surface area (TPSA) is 52.6 Å². The van der Waals surface area contributed by atoms with E-state index in [1.54, 1.807) is 0 Å². The lowest BCUT2D eigenvalue weighted by Crippen LogP contribution is -2.47. The molecule has 21 heavy (non-hydrogen) atoms. The molecule has 0 unspecified atom stereocenters. The SMILES string of the molecule is C=C1C(=O)O[C@@H]2C[C@]3(C)C(=C(C)CC[C@H]3OC(C)=O)C[C@H]12. The summed E-state index contributed by atoms with van der Waals surface area (Å²) in [6.07, 6.45) is 3.06. The predicted octanol–water partition coefficient (Wildman–Crippen LogP) is 2.93. The minimum absolute atomic E-state index is 0.0894. The van der Waals surface area contributed by atoms with E-state index in [0.717, 1.165) is 19.3 Å². The highest BCUT2D eigenvalue weighted by atomic mass is 16.6. The molecule has 2 fully saturated rings. The lowest BCUT2D eigenvalue weighted by molar-refractivity contribution is -0.157. The smallest absolute Gasteiger partial charge is 0.334 e. The summed E-state index contributed by atoms with van der Waals surface area (Å²) in [5.74, 6) is -0.420. The molecule has 3 rings (SSSR count). The Bertz CT molecular complexity index is 559. The molecule has 4 atom stereocenters. The number of hydrogen-bond acceptors (Lipinski definition) is 4. The van der Waals surface area contributed by atoms with E-state index in [0.29, 0.717) is 12.0 Å². The van der Waals surface area contributed by atoms with E-state index in [1.165, 1.54) is 18.1 Å². The molecule has 0 aromatic carbocycles. The summed E-state index contributed by atoms with van der Waals surface area (Å²) in [4.78, 5) is 23.2. The van der Waals surface area contributed by atoms with Crippen molar-refractivity contribution < 1.29 is 19.1 Å². The van der Waals surface area contributed by atoms with Crippen LogP contribution < -0.4 is 0 Å². The standard InChI is InChI=1S/C17H22O4/c1-9-5-6-15(20-11(3)18)17(4)8-14-12(7-13(9)17)10(2)16(19)21-14/h12,14-15H,2,5-8H2,1,3-4H3/t12-,14-,15-,17-/m1/s1. The first-order valence-electron chi connectivity index (χ1n) is 7.59. The van der Waals surface area contributed by atoms with Crippen LogP contribution in [0.4, 0.5) is 0 Å². The molecule has 1 aliphatic heterocycles.